The molecule has 0 aliphatic rings. The molecule has 82 valence electrons. The number of hydrogen-bond acceptors (Lipinski definition) is 4. The number of anilines is 1. The predicted octanol–water partition coefficient (Wildman–Crippen LogP) is 1.58. The molecule has 1 rings (SSSR count). The smallest absolute Gasteiger partial charge is 0.199 e. The average molecular weight is 227 g/mol. The number of nitrogens with two attached hydrogens (primary N) is 1. The molecule has 1 aromatic rings. The van der Waals surface area contributed by atoms with E-state index in [1.165, 1.54) is 31.4 Å². The summed E-state index contributed by atoms with van der Waals surface area (Å²) in [7, 11) is -1.90. The lowest BCUT2D eigenvalue weighted by atomic mass is 10.3. The van der Waals surface area contributed by atoms with E-state index >= 15 is 0 Å². The first kappa shape index (κ1) is 11.6. The molecule has 0 bridgehead atoms. The van der Waals surface area contributed by atoms with Crippen LogP contribution < -0.4 is 10.5 Å². The van der Waals surface area contributed by atoms with Gasteiger partial charge in [0.15, 0.2) is 9.84 Å². The summed E-state index contributed by atoms with van der Waals surface area (Å²) in [5.41, 5.74) is 5.92. The van der Waals surface area contributed by atoms with E-state index in [-0.39, 0.29) is 4.90 Å². The molecule has 5 heteroatoms. The molecule has 0 amide bonds. The number of methoxy groups -OCH3 is 1. The molecule has 0 aliphatic carbocycles. The highest BCUT2D eigenvalue weighted by molar-refractivity contribution is 7.94. The predicted molar refractivity (Wildman–Crippen MR) is 59.4 cm³/mol. The molecular formula is C10H13NO3S. The zero-order valence-corrected chi connectivity index (χ0v) is 9.41. The quantitative estimate of drug-likeness (QED) is 0.796. The molecule has 0 heterocycles. The summed E-state index contributed by atoms with van der Waals surface area (Å²) in [5.74, 6) is 0.467. The highest BCUT2D eigenvalue weighted by Crippen LogP contribution is 2.25. The molecule has 0 unspecified atom stereocenters. The molecule has 1 aromatic carbocycles. The summed E-state index contributed by atoms with van der Waals surface area (Å²) < 4.78 is 28.1. The SMILES string of the molecule is C/C=C/S(=O)(=O)c1ccc(OC)c(N)c1. The van der Waals surface area contributed by atoms with Crippen LogP contribution in [-0.2, 0) is 9.84 Å². The number of hydrogen-bond donors (Lipinski definition) is 1. The fourth-order valence-corrected chi connectivity index (χ4v) is 2.21. The lowest BCUT2D eigenvalue weighted by Gasteiger charge is -2.05. The second-order valence-electron chi connectivity index (χ2n) is 2.92. The normalized spacial score (nSPS) is 11.9. The van der Waals surface area contributed by atoms with Crippen LogP contribution in [0.3, 0.4) is 0 Å². The summed E-state index contributed by atoms with van der Waals surface area (Å²) in [6.45, 7) is 1.64. The standard InChI is InChI=1S/C10H13NO3S/c1-3-6-15(12,13)8-4-5-10(14-2)9(11)7-8/h3-7H,11H2,1-2H3/b6-3+. The third-order valence-corrected chi connectivity index (χ3v) is 3.39. The second kappa shape index (κ2) is 4.35. The van der Waals surface area contributed by atoms with Crippen LogP contribution >= 0.6 is 0 Å². The highest BCUT2D eigenvalue weighted by Gasteiger charge is 2.11. The molecule has 2 N–H and O–H groups in total. The van der Waals surface area contributed by atoms with Crippen molar-refractivity contribution in [3.63, 3.8) is 0 Å². The van der Waals surface area contributed by atoms with Gasteiger partial charge in [0.2, 0.25) is 0 Å². The van der Waals surface area contributed by atoms with Crippen LogP contribution in [-0.4, -0.2) is 15.5 Å². The minimum absolute atomic E-state index is 0.166. The van der Waals surface area contributed by atoms with E-state index in [2.05, 4.69) is 0 Å². The van der Waals surface area contributed by atoms with Gasteiger partial charge in [-0.25, -0.2) is 8.42 Å². The van der Waals surface area contributed by atoms with Crippen molar-refractivity contribution in [2.24, 2.45) is 0 Å². The minimum Gasteiger partial charge on any atom is -0.495 e. The van der Waals surface area contributed by atoms with Crippen LogP contribution in [0, 0.1) is 0 Å². The van der Waals surface area contributed by atoms with Gasteiger partial charge in [0.1, 0.15) is 5.75 Å². The Labute approximate surface area is 89.3 Å². The lowest BCUT2D eigenvalue weighted by Crippen LogP contribution is -1.99. The first-order valence-electron chi connectivity index (χ1n) is 4.32. The van der Waals surface area contributed by atoms with Crippen LogP contribution in [0.4, 0.5) is 5.69 Å². The number of allylic oxidation sites excluding steroid dienone is 1. The van der Waals surface area contributed by atoms with E-state index in [1.54, 1.807) is 6.92 Å². The van der Waals surface area contributed by atoms with Gasteiger partial charge in [0.25, 0.3) is 0 Å². The van der Waals surface area contributed by atoms with E-state index in [0.717, 1.165) is 5.41 Å². The van der Waals surface area contributed by atoms with E-state index in [4.69, 9.17) is 10.5 Å². The highest BCUT2D eigenvalue weighted by atomic mass is 32.2. The molecule has 0 spiro atoms. The van der Waals surface area contributed by atoms with Crippen molar-refractivity contribution < 1.29 is 13.2 Å². The Morgan fingerprint density at radius 2 is 2.07 bits per heavy atom. The first-order valence-corrected chi connectivity index (χ1v) is 5.87. The summed E-state index contributed by atoms with van der Waals surface area (Å²) in [6.07, 6.45) is 1.47. The van der Waals surface area contributed by atoms with E-state index < -0.39 is 9.84 Å². The molecule has 0 atom stereocenters. The van der Waals surface area contributed by atoms with Crippen LogP contribution in [0.1, 0.15) is 6.92 Å². The molecule has 0 aromatic heterocycles. The fraction of sp³-hybridized carbons (Fsp3) is 0.200. The van der Waals surface area contributed by atoms with Gasteiger partial charge in [-0.15, -0.1) is 0 Å². The van der Waals surface area contributed by atoms with Crippen LogP contribution in [0.5, 0.6) is 5.75 Å². The van der Waals surface area contributed by atoms with E-state index in [1.807, 2.05) is 0 Å². The van der Waals surface area contributed by atoms with Crippen LogP contribution in [0.15, 0.2) is 34.6 Å². The van der Waals surface area contributed by atoms with Gasteiger partial charge >= 0.3 is 0 Å². The molecular weight excluding hydrogens is 214 g/mol. The molecule has 0 saturated carbocycles. The van der Waals surface area contributed by atoms with Gasteiger partial charge in [-0.3, -0.25) is 0 Å². The maximum atomic E-state index is 11.6. The number of sulfone groups is 1. The molecule has 15 heavy (non-hydrogen) atoms. The van der Waals surface area contributed by atoms with Gasteiger partial charge in [0.05, 0.1) is 17.7 Å². The van der Waals surface area contributed by atoms with E-state index in [9.17, 15) is 8.42 Å². The van der Waals surface area contributed by atoms with Gasteiger partial charge < -0.3 is 10.5 Å². The Morgan fingerprint density at radius 1 is 1.40 bits per heavy atom. The molecule has 4 nitrogen and oxygen atoms in total. The monoisotopic (exact) mass is 227 g/mol. The second-order valence-corrected chi connectivity index (χ2v) is 4.75. The zero-order chi connectivity index (χ0) is 11.5. The van der Waals surface area contributed by atoms with Crippen LogP contribution in [0.2, 0.25) is 0 Å². The Kier molecular flexibility index (Phi) is 3.36. The third-order valence-electron chi connectivity index (χ3n) is 1.84. The zero-order valence-electron chi connectivity index (χ0n) is 8.60. The Balaban J connectivity index is 3.25. The lowest BCUT2D eigenvalue weighted by molar-refractivity contribution is 0.416. The Morgan fingerprint density at radius 3 is 2.53 bits per heavy atom. The largest absolute Gasteiger partial charge is 0.495 e. The number of ether oxygens (including phenoxy) is 1. The summed E-state index contributed by atoms with van der Waals surface area (Å²) >= 11 is 0. The van der Waals surface area contributed by atoms with E-state index in [0.29, 0.717) is 11.4 Å². The molecule has 0 radical (unpaired) electrons. The van der Waals surface area contributed by atoms with Crippen molar-refractivity contribution in [3.8, 4) is 5.75 Å². The van der Waals surface area contributed by atoms with Crippen molar-refractivity contribution >= 4 is 15.5 Å². The molecule has 0 fully saturated rings. The van der Waals surface area contributed by atoms with Gasteiger partial charge in [-0.2, -0.15) is 0 Å². The summed E-state index contributed by atoms with van der Waals surface area (Å²) in [6, 6.07) is 4.38. The van der Waals surface area contributed by atoms with Crippen molar-refractivity contribution in [1.82, 2.24) is 0 Å². The Bertz CT molecular complexity index is 477. The Hall–Kier alpha value is -1.49. The summed E-state index contributed by atoms with van der Waals surface area (Å²) in [4.78, 5) is 0.166. The fourth-order valence-electron chi connectivity index (χ4n) is 1.15. The maximum absolute atomic E-state index is 11.6. The van der Waals surface area contributed by atoms with Crippen LogP contribution in [0.25, 0.3) is 0 Å². The van der Waals surface area contributed by atoms with Crippen molar-refractivity contribution in [2.45, 2.75) is 11.8 Å². The number of nitrogen functional groups attached to an aromatic ring is 1. The van der Waals surface area contributed by atoms with Crippen molar-refractivity contribution in [1.29, 1.82) is 0 Å². The van der Waals surface area contributed by atoms with Gasteiger partial charge in [0, 0.05) is 5.41 Å². The molecule has 0 aliphatic heterocycles. The third kappa shape index (κ3) is 2.50. The van der Waals surface area contributed by atoms with Crippen molar-refractivity contribution in [2.75, 3.05) is 12.8 Å². The number of rotatable bonds is 3. The van der Waals surface area contributed by atoms with Crippen molar-refractivity contribution in [3.05, 3.63) is 29.7 Å². The van der Waals surface area contributed by atoms with Gasteiger partial charge in [-0.05, 0) is 25.1 Å². The molecule has 0 saturated heterocycles. The summed E-state index contributed by atoms with van der Waals surface area (Å²) in [5, 5.41) is 1.13. The topological polar surface area (TPSA) is 69.4 Å². The number of benzene rings is 1. The first-order chi connectivity index (χ1) is 7.01. The average Bonchev–Trinajstić information content (AvgIpc) is 2.17. The minimum atomic E-state index is -3.37. The maximum Gasteiger partial charge on any atom is 0.199 e. The van der Waals surface area contributed by atoms with Gasteiger partial charge in [-0.1, -0.05) is 6.08 Å².